The second-order valence-corrected chi connectivity index (χ2v) is 8.00. The van der Waals surface area contributed by atoms with Crippen molar-refractivity contribution in [3.05, 3.63) is 35.4 Å². The first-order valence-electron chi connectivity index (χ1n) is 8.14. The van der Waals surface area contributed by atoms with E-state index in [4.69, 9.17) is 0 Å². The van der Waals surface area contributed by atoms with E-state index in [-0.39, 0.29) is 0 Å². The van der Waals surface area contributed by atoms with Crippen molar-refractivity contribution < 1.29 is 0 Å². The van der Waals surface area contributed by atoms with E-state index in [1.54, 1.807) is 0 Å². The summed E-state index contributed by atoms with van der Waals surface area (Å²) in [4.78, 5) is 0. The molecule has 0 amide bonds. The Kier molecular flexibility index (Phi) is 10.6. The fourth-order valence-electron chi connectivity index (χ4n) is 2.14. The molecule has 0 radical (unpaired) electrons. The molecule has 0 N–H and O–H groups in total. The van der Waals surface area contributed by atoms with E-state index in [1.807, 2.05) is 23.5 Å². The van der Waals surface area contributed by atoms with Gasteiger partial charge < -0.3 is 0 Å². The summed E-state index contributed by atoms with van der Waals surface area (Å²) in [6.45, 7) is 6.71. The normalized spacial score (nSPS) is 10.5. The Hall–Kier alpha value is -0.520. The second-order valence-electron chi connectivity index (χ2n) is 4.94. The third-order valence-electron chi connectivity index (χ3n) is 3.23. The number of unbranched alkanes of at least 4 members (excludes halogenated alkanes) is 4. The summed E-state index contributed by atoms with van der Waals surface area (Å²) in [6, 6.07) is 8.67. The zero-order valence-corrected chi connectivity index (χ0v) is 15.3. The summed E-state index contributed by atoms with van der Waals surface area (Å²) in [6.07, 6.45) is 6.20. The molecular formula is C19H28S2. The highest BCUT2D eigenvalue weighted by Gasteiger charge is 2.13. The predicted molar refractivity (Wildman–Crippen MR) is 101 cm³/mol. The molecule has 0 nitrogen and oxygen atoms in total. The first kappa shape index (κ1) is 18.5. The Morgan fingerprint density at radius 1 is 0.952 bits per heavy atom. The molecule has 0 fully saturated rings. The highest BCUT2D eigenvalue weighted by atomic mass is 32.2. The summed E-state index contributed by atoms with van der Waals surface area (Å²) < 4.78 is 0.519. The SMILES string of the molecule is CCCCCCC#Cc1ccccc1C(SCC)SCC. The highest BCUT2D eigenvalue weighted by Crippen LogP contribution is 2.40. The molecule has 0 aliphatic heterocycles. The van der Waals surface area contributed by atoms with Crippen molar-refractivity contribution in [3.63, 3.8) is 0 Å². The molecule has 1 aromatic rings. The lowest BCUT2D eigenvalue weighted by Gasteiger charge is -2.16. The number of rotatable bonds is 9. The number of hydrogen-bond donors (Lipinski definition) is 0. The Morgan fingerprint density at radius 2 is 1.67 bits per heavy atom. The molecule has 1 aromatic carbocycles. The third-order valence-corrected chi connectivity index (χ3v) is 5.83. The topological polar surface area (TPSA) is 0 Å². The van der Waals surface area contributed by atoms with E-state index in [9.17, 15) is 0 Å². The Balaban J connectivity index is 2.71. The standard InChI is InChI=1S/C19H28S2/c1-4-7-8-9-10-11-14-17-15-12-13-16-18(17)19(20-5-2)21-6-3/h12-13,15-16,19H,4-10H2,1-3H3. The van der Waals surface area contributed by atoms with Gasteiger partial charge in [-0.05, 0) is 29.6 Å². The molecule has 0 unspecified atom stereocenters. The Morgan fingerprint density at radius 3 is 2.33 bits per heavy atom. The highest BCUT2D eigenvalue weighted by molar-refractivity contribution is 8.16. The van der Waals surface area contributed by atoms with Crippen LogP contribution in [0.4, 0.5) is 0 Å². The van der Waals surface area contributed by atoms with Crippen molar-refractivity contribution in [1.82, 2.24) is 0 Å². The lowest BCUT2D eigenvalue weighted by atomic mass is 10.1. The smallest absolute Gasteiger partial charge is 0.0763 e. The molecule has 0 saturated heterocycles. The summed E-state index contributed by atoms with van der Waals surface area (Å²) in [5, 5.41) is 0. The van der Waals surface area contributed by atoms with Crippen LogP contribution in [0.5, 0.6) is 0 Å². The molecule has 1 rings (SSSR count). The van der Waals surface area contributed by atoms with Gasteiger partial charge in [0.2, 0.25) is 0 Å². The summed E-state index contributed by atoms with van der Waals surface area (Å²) in [5.74, 6) is 9.08. The maximum Gasteiger partial charge on any atom is 0.0763 e. The van der Waals surface area contributed by atoms with Crippen LogP contribution in [0.3, 0.4) is 0 Å². The molecule has 0 heterocycles. The summed E-state index contributed by atoms with van der Waals surface area (Å²) >= 11 is 4.03. The van der Waals surface area contributed by atoms with Crippen LogP contribution in [0.25, 0.3) is 0 Å². The van der Waals surface area contributed by atoms with E-state index in [2.05, 4.69) is 56.9 Å². The Bertz CT molecular complexity index is 436. The Labute approximate surface area is 139 Å². The molecule has 0 aliphatic carbocycles. The van der Waals surface area contributed by atoms with Crippen LogP contribution < -0.4 is 0 Å². The van der Waals surface area contributed by atoms with Crippen molar-refractivity contribution in [3.8, 4) is 11.8 Å². The average molecular weight is 321 g/mol. The van der Waals surface area contributed by atoms with Crippen molar-refractivity contribution in [2.45, 2.75) is 57.5 Å². The van der Waals surface area contributed by atoms with Gasteiger partial charge in [-0.15, -0.1) is 23.5 Å². The summed E-state index contributed by atoms with van der Waals surface area (Å²) in [5.41, 5.74) is 2.62. The van der Waals surface area contributed by atoms with Gasteiger partial charge in [0, 0.05) is 12.0 Å². The molecule has 116 valence electrons. The first-order chi connectivity index (χ1) is 10.3. The molecule has 21 heavy (non-hydrogen) atoms. The van der Waals surface area contributed by atoms with Crippen molar-refractivity contribution in [2.24, 2.45) is 0 Å². The van der Waals surface area contributed by atoms with Crippen LogP contribution in [0.1, 0.15) is 68.6 Å². The molecule has 0 atom stereocenters. The molecule has 0 aromatic heterocycles. The molecule has 0 saturated carbocycles. The summed E-state index contributed by atoms with van der Waals surface area (Å²) in [7, 11) is 0. The van der Waals surface area contributed by atoms with E-state index in [1.165, 1.54) is 36.8 Å². The van der Waals surface area contributed by atoms with Crippen LogP contribution in [-0.2, 0) is 0 Å². The minimum absolute atomic E-state index is 0.519. The number of thioether (sulfide) groups is 2. The van der Waals surface area contributed by atoms with Crippen molar-refractivity contribution in [1.29, 1.82) is 0 Å². The zero-order valence-electron chi connectivity index (χ0n) is 13.7. The van der Waals surface area contributed by atoms with Gasteiger partial charge in [-0.2, -0.15) is 0 Å². The third kappa shape index (κ3) is 7.34. The fourth-order valence-corrected chi connectivity index (χ4v) is 4.72. The van der Waals surface area contributed by atoms with E-state index in [0.29, 0.717) is 4.58 Å². The number of benzene rings is 1. The maximum atomic E-state index is 3.41. The quantitative estimate of drug-likeness (QED) is 0.289. The lowest BCUT2D eigenvalue weighted by Crippen LogP contribution is -1.95. The van der Waals surface area contributed by atoms with Gasteiger partial charge in [0.1, 0.15) is 0 Å². The lowest BCUT2D eigenvalue weighted by molar-refractivity contribution is 0.679. The fraction of sp³-hybridized carbons (Fsp3) is 0.579. The monoisotopic (exact) mass is 320 g/mol. The molecule has 2 heteroatoms. The predicted octanol–water partition coefficient (Wildman–Crippen LogP) is 6.51. The minimum Gasteiger partial charge on any atom is -0.143 e. The zero-order chi connectivity index (χ0) is 15.3. The van der Waals surface area contributed by atoms with Crippen LogP contribution in [0.2, 0.25) is 0 Å². The largest absolute Gasteiger partial charge is 0.143 e. The molecular weight excluding hydrogens is 292 g/mol. The van der Waals surface area contributed by atoms with Crippen molar-refractivity contribution >= 4 is 23.5 Å². The maximum absolute atomic E-state index is 3.41. The van der Waals surface area contributed by atoms with Gasteiger partial charge in [0.05, 0.1) is 4.58 Å². The van der Waals surface area contributed by atoms with Crippen LogP contribution in [0.15, 0.2) is 24.3 Å². The van der Waals surface area contributed by atoms with Gasteiger partial charge in [-0.25, -0.2) is 0 Å². The number of hydrogen-bond acceptors (Lipinski definition) is 2. The van der Waals surface area contributed by atoms with E-state index >= 15 is 0 Å². The van der Waals surface area contributed by atoms with Gasteiger partial charge in [0.15, 0.2) is 0 Å². The molecule has 0 bridgehead atoms. The van der Waals surface area contributed by atoms with Crippen LogP contribution >= 0.6 is 23.5 Å². The minimum atomic E-state index is 0.519. The van der Waals surface area contributed by atoms with Crippen LogP contribution in [0, 0.1) is 11.8 Å². The average Bonchev–Trinajstić information content (AvgIpc) is 2.51. The van der Waals surface area contributed by atoms with E-state index in [0.717, 1.165) is 17.9 Å². The van der Waals surface area contributed by atoms with Crippen molar-refractivity contribution in [2.75, 3.05) is 11.5 Å². The molecule has 0 spiro atoms. The van der Waals surface area contributed by atoms with Gasteiger partial charge in [0.25, 0.3) is 0 Å². The van der Waals surface area contributed by atoms with Gasteiger partial charge in [-0.1, -0.05) is 70.1 Å². The van der Waals surface area contributed by atoms with E-state index < -0.39 is 0 Å². The molecule has 0 aliphatic rings. The van der Waals surface area contributed by atoms with Gasteiger partial charge >= 0.3 is 0 Å². The van der Waals surface area contributed by atoms with Gasteiger partial charge in [-0.3, -0.25) is 0 Å². The second kappa shape index (κ2) is 12.1. The first-order valence-corrected chi connectivity index (χ1v) is 10.2. The van der Waals surface area contributed by atoms with Crippen LogP contribution in [-0.4, -0.2) is 11.5 Å².